The van der Waals surface area contributed by atoms with Crippen molar-refractivity contribution in [1.82, 2.24) is 5.32 Å². The van der Waals surface area contributed by atoms with E-state index < -0.39 is 5.97 Å². The van der Waals surface area contributed by atoms with Crippen LogP contribution in [0.4, 0.5) is 0 Å². The lowest BCUT2D eigenvalue weighted by atomic mass is 10.3. The van der Waals surface area contributed by atoms with E-state index >= 15 is 0 Å². The molecule has 0 atom stereocenters. The first-order chi connectivity index (χ1) is 25.0. The Bertz CT molecular complexity index is 765. The molecule has 2 N–H and O–H groups in total. The van der Waals surface area contributed by atoms with Gasteiger partial charge >= 0.3 is 11.9 Å². The van der Waals surface area contributed by atoms with Gasteiger partial charge in [0.05, 0.1) is 158 Å². The number of carboxylic acids is 1. The van der Waals surface area contributed by atoms with Gasteiger partial charge in [-0.1, -0.05) is 0 Å². The van der Waals surface area contributed by atoms with E-state index in [1.807, 2.05) is 0 Å². The Morgan fingerprint density at radius 1 is 0.392 bits per heavy atom. The molecule has 0 saturated carbocycles. The van der Waals surface area contributed by atoms with E-state index in [1.54, 1.807) is 0 Å². The molecule has 0 bridgehead atoms. The van der Waals surface area contributed by atoms with Gasteiger partial charge in [-0.3, -0.25) is 14.4 Å². The van der Waals surface area contributed by atoms with Gasteiger partial charge in [-0.15, -0.1) is 0 Å². The van der Waals surface area contributed by atoms with Gasteiger partial charge in [-0.05, 0) is 6.42 Å². The van der Waals surface area contributed by atoms with Gasteiger partial charge in [0, 0.05) is 26.5 Å². The summed E-state index contributed by atoms with van der Waals surface area (Å²) in [6.45, 7) is 13.2. The number of aliphatic carboxylic acids is 1. The third-order valence-electron chi connectivity index (χ3n) is 5.98. The summed E-state index contributed by atoms with van der Waals surface area (Å²) in [7, 11) is 0. The summed E-state index contributed by atoms with van der Waals surface area (Å²) in [6, 6.07) is 0. The summed E-state index contributed by atoms with van der Waals surface area (Å²) in [5.74, 6) is -1.57. The first kappa shape index (κ1) is 48.9. The second-order valence-electron chi connectivity index (χ2n) is 10.3. The number of esters is 1. The molecule has 0 rings (SSSR count). The van der Waals surface area contributed by atoms with E-state index in [0.29, 0.717) is 172 Å². The van der Waals surface area contributed by atoms with Crippen molar-refractivity contribution >= 4 is 17.8 Å². The molecule has 302 valence electrons. The molecular weight excluding hydrogens is 682 g/mol. The summed E-state index contributed by atoms with van der Waals surface area (Å²) in [5, 5.41) is 11.2. The van der Waals surface area contributed by atoms with Gasteiger partial charge < -0.3 is 72.0 Å². The molecule has 0 spiro atoms. The van der Waals surface area contributed by atoms with Crippen molar-refractivity contribution < 1.29 is 81.1 Å². The van der Waals surface area contributed by atoms with Gasteiger partial charge in [-0.25, -0.2) is 0 Å². The fourth-order valence-electron chi connectivity index (χ4n) is 3.48. The molecule has 0 unspecified atom stereocenters. The number of amides is 1. The summed E-state index contributed by atoms with van der Waals surface area (Å²) in [5.41, 5.74) is 0. The Morgan fingerprint density at radius 2 is 0.647 bits per heavy atom. The molecule has 0 aromatic carbocycles. The SMILES string of the molecule is CC(=O)OCCOCCOCCOCCOCCOCCOCCOCCOCCOCCOCCOCCOCCCNC(=O)CCC(=O)O. The van der Waals surface area contributed by atoms with Crippen molar-refractivity contribution in [1.29, 1.82) is 0 Å². The van der Waals surface area contributed by atoms with E-state index in [-0.39, 0.29) is 31.3 Å². The number of hydrogen-bond acceptors (Lipinski definition) is 16. The molecule has 0 aliphatic carbocycles. The molecule has 1 amide bonds. The normalized spacial score (nSPS) is 11.2. The van der Waals surface area contributed by atoms with E-state index in [2.05, 4.69) is 5.32 Å². The van der Waals surface area contributed by atoms with Crippen LogP contribution in [-0.2, 0) is 76.0 Å². The molecule has 51 heavy (non-hydrogen) atoms. The minimum Gasteiger partial charge on any atom is -0.481 e. The van der Waals surface area contributed by atoms with Crippen molar-refractivity contribution in [3.63, 3.8) is 0 Å². The number of ether oxygens (including phenoxy) is 13. The van der Waals surface area contributed by atoms with Crippen molar-refractivity contribution in [2.45, 2.75) is 26.2 Å². The van der Waals surface area contributed by atoms with Crippen LogP contribution in [0.3, 0.4) is 0 Å². The smallest absolute Gasteiger partial charge is 0.303 e. The van der Waals surface area contributed by atoms with Crippen LogP contribution in [0.25, 0.3) is 0 Å². The van der Waals surface area contributed by atoms with Crippen LogP contribution in [0.1, 0.15) is 26.2 Å². The van der Waals surface area contributed by atoms with Crippen molar-refractivity contribution in [2.24, 2.45) is 0 Å². The Balaban J connectivity index is 3.09. The molecule has 0 saturated heterocycles. The molecule has 0 radical (unpaired) electrons. The first-order valence-electron chi connectivity index (χ1n) is 17.6. The number of carbonyl (C=O) groups excluding carboxylic acids is 2. The maximum absolute atomic E-state index is 11.4. The van der Waals surface area contributed by atoms with E-state index in [0.717, 1.165) is 0 Å². The number of nitrogens with one attached hydrogen (secondary N) is 1. The maximum atomic E-state index is 11.4. The van der Waals surface area contributed by atoms with Gasteiger partial charge in [0.15, 0.2) is 0 Å². The lowest BCUT2D eigenvalue weighted by Gasteiger charge is -2.09. The lowest BCUT2D eigenvalue weighted by Crippen LogP contribution is -2.25. The van der Waals surface area contributed by atoms with Gasteiger partial charge in [0.2, 0.25) is 5.91 Å². The van der Waals surface area contributed by atoms with Crippen LogP contribution in [-0.4, -0.2) is 195 Å². The average molecular weight is 746 g/mol. The van der Waals surface area contributed by atoms with Crippen LogP contribution < -0.4 is 5.32 Å². The number of hydrogen-bond donors (Lipinski definition) is 2. The zero-order chi connectivity index (χ0) is 37.1. The summed E-state index contributed by atoms with van der Waals surface area (Å²) < 4.78 is 69.8. The highest BCUT2D eigenvalue weighted by Crippen LogP contribution is 1.91. The zero-order valence-electron chi connectivity index (χ0n) is 30.5. The van der Waals surface area contributed by atoms with Crippen molar-refractivity contribution in [2.75, 3.05) is 172 Å². The number of carbonyl (C=O) groups is 3. The van der Waals surface area contributed by atoms with Crippen LogP contribution in [0.2, 0.25) is 0 Å². The van der Waals surface area contributed by atoms with Crippen LogP contribution in [0, 0.1) is 0 Å². The van der Waals surface area contributed by atoms with Crippen LogP contribution in [0.15, 0.2) is 0 Å². The Hall–Kier alpha value is -2.07. The second kappa shape index (κ2) is 42.3. The van der Waals surface area contributed by atoms with Gasteiger partial charge in [0.1, 0.15) is 6.61 Å². The Labute approximate surface area is 302 Å². The molecule has 0 fully saturated rings. The number of carboxylic acid groups (broad SMARTS) is 1. The van der Waals surface area contributed by atoms with Gasteiger partial charge in [-0.2, -0.15) is 0 Å². The fraction of sp³-hybridized carbons (Fsp3) is 0.909. The fourth-order valence-corrected chi connectivity index (χ4v) is 3.48. The largest absolute Gasteiger partial charge is 0.481 e. The van der Waals surface area contributed by atoms with E-state index in [4.69, 9.17) is 66.7 Å². The molecular formula is C33H63NO17. The average Bonchev–Trinajstić information content (AvgIpc) is 3.11. The van der Waals surface area contributed by atoms with E-state index in [1.165, 1.54) is 6.92 Å². The highest BCUT2D eigenvalue weighted by atomic mass is 16.6. The summed E-state index contributed by atoms with van der Waals surface area (Å²) >= 11 is 0. The van der Waals surface area contributed by atoms with Crippen molar-refractivity contribution in [3.8, 4) is 0 Å². The second-order valence-corrected chi connectivity index (χ2v) is 10.3. The quantitative estimate of drug-likeness (QED) is 0.0629. The molecule has 18 nitrogen and oxygen atoms in total. The molecule has 0 aliphatic rings. The Morgan fingerprint density at radius 3 is 0.902 bits per heavy atom. The predicted octanol–water partition coefficient (Wildman–Crippen LogP) is 0.120. The minimum atomic E-state index is -0.986. The van der Waals surface area contributed by atoms with Crippen molar-refractivity contribution in [3.05, 3.63) is 0 Å². The first-order valence-corrected chi connectivity index (χ1v) is 17.6. The lowest BCUT2D eigenvalue weighted by molar-refractivity contribution is -0.142. The zero-order valence-corrected chi connectivity index (χ0v) is 30.5. The Kier molecular flexibility index (Phi) is 40.6. The molecule has 18 heteroatoms. The minimum absolute atomic E-state index is 0.0139. The summed E-state index contributed by atoms with van der Waals surface area (Å²) in [4.78, 5) is 32.4. The third kappa shape index (κ3) is 45.9. The molecule has 0 aromatic rings. The monoisotopic (exact) mass is 745 g/mol. The topological polar surface area (TPSA) is 203 Å². The standard InChI is InChI=1S/C33H63NO17/c1-31(35)51-30-29-50-28-27-49-26-25-48-24-23-47-22-21-46-20-19-45-18-17-44-16-15-43-14-13-42-12-11-41-10-9-40-8-7-39-6-2-5-34-32(36)3-4-33(37)38/h2-30H2,1H3,(H,34,36)(H,37,38). The van der Waals surface area contributed by atoms with E-state index in [9.17, 15) is 14.4 Å². The van der Waals surface area contributed by atoms with Gasteiger partial charge in [0.25, 0.3) is 0 Å². The van der Waals surface area contributed by atoms with Crippen LogP contribution >= 0.6 is 0 Å². The maximum Gasteiger partial charge on any atom is 0.303 e. The predicted molar refractivity (Wildman–Crippen MR) is 181 cm³/mol. The third-order valence-corrected chi connectivity index (χ3v) is 5.98. The molecule has 0 aromatic heterocycles. The van der Waals surface area contributed by atoms with Crippen LogP contribution in [0.5, 0.6) is 0 Å². The highest BCUT2D eigenvalue weighted by Gasteiger charge is 2.04. The molecule has 0 aliphatic heterocycles. The number of rotatable bonds is 43. The molecule has 0 heterocycles. The summed E-state index contributed by atoms with van der Waals surface area (Å²) in [6.07, 6.45) is 0.465. The highest BCUT2D eigenvalue weighted by molar-refractivity contribution is 5.80.